The first-order valence-electron chi connectivity index (χ1n) is 11.1. The van der Waals surface area contributed by atoms with Gasteiger partial charge in [0.25, 0.3) is 5.91 Å². The number of hydrogen-bond acceptors (Lipinski definition) is 5. The Labute approximate surface area is 205 Å². The van der Waals surface area contributed by atoms with Gasteiger partial charge in [-0.3, -0.25) is 9.78 Å². The second-order valence-electron chi connectivity index (χ2n) is 8.09. The number of alkyl halides is 3. The van der Waals surface area contributed by atoms with Crippen LogP contribution in [-0.4, -0.2) is 42.2 Å². The number of carbonyl (C=O) groups is 1. The summed E-state index contributed by atoms with van der Waals surface area (Å²) >= 11 is 0. The zero-order chi connectivity index (χ0) is 25.9. The summed E-state index contributed by atoms with van der Waals surface area (Å²) in [5.41, 5.74) is 1.58. The molecular formula is C26H22F4N4O2. The van der Waals surface area contributed by atoms with Gasteiger partial charge in [0.05, 0.1) is 30.2 Å². The summed E-state index contributed by atoms with van der Waals surface area (Å²) in [5.74, 6) is 4.16. The van der Waals surface area contributed by atoms with Gasteiger partial charge in [-0.1, -0.05) is 5.92 Å². The fraction of sp³-hybridized carbons (Fsp3) is 0.269. The highest BCUT2D eigenvalue weighted by Gasteiger charge is 2.31. The summed E-state index contributed by atoms with van der Waals surface area (Å²) in [4.78, 5) is 22.9. The lowest BCUT2D eigenvalue weighted by atomic mass is 9.99. The van der Waals surface area contributed by atoms with Gasteiger partial charge >= 0.3 is 6.18 Å². The van der Waals surface area contributed by atoms with Gasteiger partial charge in [0.15, 0.2) is 0 Å². The van der Waals surface area contributed by atoms with Crippen LogP contribution in [-0.2, 0) is 10.9 Å². The quantitative estimate of drug-likeness (QED) is 0.402. The van der Waals surface area contributed by atoms with E-state index >= 15 is 0 Å². The minimum Gasteiger partial charge on any atom is -0.378 e. The first-order valence-corrected chi connectivity index (χ1v) is 11.1. The molecule has 186 valence electrons. The van der Waals surface area contributed by atoms with Crippen LogP contribution in [0.25, 0.3) is 11.1 Å². The molecule has 1 aliphatic rings. The van der Waals surface area contributed by atoms with E-state index in [1.807, 2.05) is 6.07 Å². The molecular weight excluding hydrogens is 476 g/mol. The molecule has 1 saturated heterocycles. The lowest BCUT2D eigenvalue weighted by Crippen LogP contribution is -2.36. The molecule has 36 heavy (non-hydrogen) atoms. The molecule has 1 fully saturated rings. The number of pyridine rings is 2. The molecule has 1 aromatic carbocycles. The monoisotopic (exact) mass is 498 g/mol. The van der Waals surface area contributed by atoms with Crippen LogP contribution in [0.5, 0.6) is 0 Å². The molecule has 0 spiro atoms. The molecule has 10 heteroatoms. The van der Waals surface area contributed by atoms with Gasteiger partial charge in [0.1, 0.15) is 17.2 Å². The van der Waals surface area contributed by atoms with E-state index in [0.29, 0.717) is 54.8 Å². The second-order valence-corrected chi connectivity index (χ2v) is 8.09. The first kappa shape index (κ1) is 25.1. The maximum atomic E-state index is 14.8. The maximum Gasteiger partial charge on any atom is 0.416 e. The highest BCUT2D eigenvalue weighted by atomic mass is 19.4. The van der Waals surface area contributed by atoms with E-state index in [1.165, 1.54) is 12.1 Å². The summed E-state index contributed by atoms with van der Waals surface area (Å²) < 4.78 is 59.2. The van der Waals surface area contributed by atoms with Crippen LogP contribution in [0.4, 0.5) is 28.9 Å². The number of hydrogen-bond donors (Lipinski definition) is 1. The molecule has 4 rings (SSSR count). The Kier molecular flexibility index (Phi) is 7.22. The van der Waals surface area contributed by atoms with E-state index < -0.39 is 29.2 Å². The SMILES string of the molecule is CC#Cc1ncc(-c2cc(NC(=O)c3cc(C(F)(F)F)ccn3)c(F)cc2C)cc1N1CCOCC1. The highest BCUT2D eigenvalue weighted by Crippen LogP contribution is 2.33. The number of benzene rings is 1. The number of carbonyl (C=O) groups excluding carboxylic acids is 1. The van der Waals surface area contributed by atoms with Crippen LogP contribution >= 0.6 is 0 Å². The molecule has 3 aromatic rings. The summed E-state index contributed by atoms with van der Waals surface area (Å²) in [6.45, 7) is 5.90. The zero-order valence-corrected chi connectivity index (χ0v) is 19.5. The third-order valence-electron chi connectivity index (χ3n) is 5.66. The van der Waals surface area contributed by atoms with Gasteiger partial charge in [-0.2, -0.15) is 13.2 Å². The van der Waals surface area contributed by atoms with E-state index in [0.717, 1.165) is 18.0 Å². The van der Waals surface area contributed by atoms with Crippen molar-refractivity contribution in [3.05, 3.63) is 71.1 Å². The lowest BCUT2D eigenvalue weighted by molar-refractivity contribution is -0.137. The third-order valence-corrected chi connectivity index (χ3v) is 5.66. The van der Waals surface area contributed by atoms with Crippen LogP contribution in [0.1, 0.15) is 34.2 Å². The number of nitrogens with zero attached hydrogens (tertiary/aromatic N) is 3. The predicted octanol–water partition coefficient (Wildman–Crippen LogP) is 5.07. The molecule has 1 amide bonds. The largest absolute Gasteiger partial charge is 0.416 e. The standard InChI is InChI=1S/C26H22F4N4O2/c1-3-4-21-24(34-7-9-36-10-8-34)12-17(15-32-21)19-14-22(20(27)11-16(19)2)33-25(35)23-13-18(5-6-31-23)26(28,29)30/h5-6,11-15H,7-10H2,1-2H3,(H,33,35). The average Bonchev–Trinajstić information content (AvgIpc) is 2.86. The van der Waals surface area contributed by atoms with Crippen molar-refractivity contribution in [2.75, 3.05) is 36.5 Å². The second kappa shape index (κ2) is 10.3. The molecule has 0 aliphatic carbocycles. The molecule has 1 N–H and O–H groups in total. The van der Waals surface area contributed by atoms with Crippen molar-refractivity contribution < 1.29 is 27.1 Å². The Hall–Kier alpha value is -3.97. The number of aryl methyl sites for hydroxylation is 1. The normalized spacial score (nSPS) is 13.7. The zero-order valence-electron chi connectivity index (χ0n) is 19.5. The highest BCUT2D eigenvalue weighted by molar-refractivity contribution is 6.03. The topological polar surface area (TPSA) is 67.4 Å². The van der Waals surface area contributed by atoms with Crippen molar-refractivity contribution in [3.63, 3.8) is 0 Å². The molecule has 3 heterocycles. The first-order chi connectivity index (χ1) is 17.2. The fourth-order valence-electron chi connectivity index (χ4n) is 3.86. The minimum atomic E-state index is -4.64. The molecule has 0 atom stereocenters. The number of rotatable bonds is 4. The predicted molar refractivity (Wildman–Crippen MR) is 127 cm³/mol. The van der Waals surface area contributed by atoms with Crippen molar-refractivity contribution in [2.45, 2.75) is 20.0 Å². The lowest BCUT2D eigenvalue weighted by Gasteiger charge is -2.29. The Morgan fingerprint density at radius 3 is 2.58 bits per heavy atom. The van der Waals surface area contributed by atoms with E-state index in [9.17, 15) is 22.4 Å². The molecule has 6 nitrogen and oxygen atoms in total. The smallest absolute Gasteiger partial charge is 0.378 e. The van der Waals surface area contributed by atoms with Crippen molar-refractivity contribution in [1.29, 1.82) is 0 Å². The number of anilines is 2. The number of aromatic nitrogens is 2. The van der Waals surface area contributed by atoms with Crippen LogP contribution in [0.3, 0.4) is 0 Å². The van der Waals surface area contributed by atoms with Gasteiger partial charge in [0, 0.05) is 31.0 Å². The van der Waals surface area contributed by atoms with Gasteiger partial charge in [0.2, 0.25) is 0 Å². The van der Waals surface area contributed by atoms with Crippen molar-refractivity contribution in [3.8, 4) is 23.0 Å². The summed E-state index contributed by atoms with van der Waals surface area (Å²) in [5, 5.41) is 2.34. The van der Waals surface area contributed by atoms with Crippen molar-refractivity contribution in [1.82, 2.24) is 9.97 Å². The molecule has 0 saturated carbocycles. The van der Waals surface area contributed by atoms with Crippen molar-refractivity contribution in [2.24, 2.45) is 0 Å². The number of nitrogens with one attached hydrogen (secondary N) is 1. The Balaban J connectivity index is 1.69. The molecule has 0 unspecified atom stereocenters. The van der Waals surface area contributed by atoms with Crippen LogP contribution in [0.2, 0.25) is 0 Å². The Morgan fingerprint density at radius 1 is 1.14 bits per heavy atom. The number of halogens is 4. The fourth-order valence-corrected chi connectivity index (χ4v) is 3.86. The summed E-state index contributed by atoms with van der Waals surface area (Å²) in [7, 11) is 0. The number of amides is 1. The third kappa shape index (κ3) is 5.47. The number of morpholine rings is 1. The van der Waals surface area contributed by atoms with Crippen LogP contribution < -0.4 is 10.2 Å². The summed E-state index contributed by atoms with van der Waals surface area (Å²) in [6.07, 6.45) is -2.14. The van der Waals surface area contributed by atoms with E-state index in [-0.39, 0.29) is 5.69 Å². The molecule has 0 bridgehead atoms. The maximum absolute atomic E-state index is 14.8. The molecule has 0 radical (unpaired) electrons. The summed E-state index contributed by atoms with van der Waals surface area (Å²) in [6, 6.07) is 5.96. The van der Waals surface area contributed by atoms with Gasteiger partial charge < -0.3 is 15.0 Å². The van der Waals surface area contributed by atoms with E-state index in [1.54, 1.807) is 20.0 Å². The Bertz CT molecular complexity index is 1360. The van der Waals surface area contributed by atoms with Gasteiger partial charge in [-0.05, 0) is 61.2 Å². The van der Waals surface area contributed by atoms with Gasteiger partial charge in [-0.25, -0.2) is 9.37 Å². The van der Waals surface area contributed by atoms with Gasteiger partial charge in [-0.15, -0.1) is 0 Å². The van der Waals surface area contributed by atoms with Crippen molar-refractivity contribution >= 4 is 17.3 Å². The average molecular weight is 498 g/mol. The number of ether oxygens (including phenoxy) is 1. The van der Waals surface area contributed by atoms with Crippen LogP contribution in [0.15, 0.2) is 42.7 Å². The van der Waals surface area contributed by atoms with Crippen LogP contribution in [0, 0.1) is 24.6 Å². The minimum absolute atomic E-state index is 0.190. The Morgan fingerprint density at radius 2 is 1.89 bits per heavy atom. The molecule has 2 aromatic heterocycles. The van der Waals surface area contributed by atoms with E-state index in [4.69, 9.17) is 4.74 Å². The molecule has 1 aliphatic heterocycles. The van der Waals surface area contributed by atoms with E-state index in [2.05, 4.69) is 32.0 Å².